The van der Waals surface area contributed by atoms with E-state index in [0.717, 1.165) is 43.9 Å². The third-order valence-corrected chi connectivity index (χ3v) is 2.57. The molecule has 1 saturated heterocycles. The maximum absolute atomic E-state index is 7.52. The zero-order valence-corrected chi connectivity index (χ0v) is 8.24. The number of likely N-dealkylation sites (tertiary alicyclic amines) is 1. The van der Waals surface area contributed by atoms with Crippen molar-refractivity contribution in [3.63, 3.8) is 0 Å². The van der Waals surface area contributed by atoms with Crippen molar-refractivity contribution in [2.75, 3.05) is 13.1 Å². The maximum Gasteiger partial charge on any atom is 0.0543 e. The van der Waals surface area contributed by atoms with Gasteiger partial charge in [-0.2, -0.15) is 0 Å². The smallest absolute Gasteiger partial charge is 0.0543 e. The van der Waals surface area contributed by atoms with Crippen LogP contribution in [0.5, 0.6) is 0 Å². The molecule has 2 heterocycles. The van der Waals surface area contributed by atoms with Crippen LogP contribution in [0.4, 0.5) is 0 Å². The summed E-state index contributed by atoms with van der Waals surface area (Å²) < 4.78 is 0. The van der Waals surface area contributed by atoms with Crippen LogP contribution in [-0.2, 0) is 6.54 Å². The van der Waals surface area contributed by atoms with Crippen LogP contribution < -0.4 is 0 Å². The molecule has 1 aliphatic heterocycles. The third-order valence-electron chi connectivity index (χ3n) is 2.57. The Morgan fingerprint density at radius 1 is 1.29 bits per heavy atom. The number of hydrogen-bond donors (Lipinski definition) is 1. The van der Waals surface area contributed by atoms with Gasteiger partial charge in [0, 0.05) is 31.5 Å². The lowest BCUT2D eigenvalue weighted by atomic mass is 10.1. The van der Waals surface area contributed by atoms with E-state index in [2.05, 4.69) is 16.0 Å². The van der Waals surface area contributed by atoms with Crippen LogP contribution in [0.3, 0.4) is 0 Å². The summed E-state index contributed by atoms with van der Waals surface area (Å²) in [6, 6.07) is 6.02. The molecular weight excluding hydrogens is 174 g/mol. The first-order chi connectivity index (χ1) is 6.84. The predicted molar refractivity (Wildman–Crippen MR) is 56.5 cm³/mol. The quantitative estimate of drug-likeness (QED) is 0.769. The average molecular weight is 189 g/mol. The number of nitrogens with zero attached hydrogens (tertiary/aromatic N) is 2. The molecule has 0 unspecified atom stereocenters. The minimum atomic E-state index is 0.891. The largest absolute Gasteiger partial charge is 0.310 e. The highest BCUT2D eigenvalue weighted by molar-refractivity contribution is 5.82. The summed E-state index contributed by atoms with van der Waals surface area (Å²) in [5.41, 5.74) is 2.02. The summed E-state index contributed by atoms with van der Waals surface area (Å²) in [6.45, 7) is 2.94. The number of rotatable bonds is 2. The van der Waals surface area contributed by atoms with E-state index in [4.69, 9.17) is 5.41 Å². The maximum atomic E-state index is 7.52. The standard InChI is InChI=1S/C11H15N3/c12-10-4-7-14(8-5-10)9-11-3-1-2-6-13-11/h1-3,6,12H,4-5,7-9H2. The Morgan fingerprint density at radius 3 is 2.71 bits per heavy atom. The molecular formula is C11H15N3. The molecule has 0 spiro atoms. The van der Waals surface area contributed by atoms with Gasteiger partial charge < -0.3 is 5.41 Å². The fraction of sp³-hybridized carbons (Fsp3) is 0.455. The van der Waals surface area contributed by atoms with E-state index in [1.165, 1.54) is 0 Å². The molecule has 0 aromatic carbocycles. The molecule has 0 amide bonds. The van der Waals surface area contributed by atoms with Crippen LogP contribution in [0.2, 0.25) is 0 Å². The molecule has 1 fully saturated rings. The van der Waals surface area contributed by atoms with Gasteiger partial charge in [-0.3, -0.25) is 9.88 Å². The van der Waals surface area contributed by atoms with E-state index in [1.807, 2.05) is 18.3 Å². The van der Waals surface area contributed by atoms with Gasteiger partial charge in [0.2, 0.25) is 0 Å². The van der Waals surface area contributed by atoms with Gasteiger partial charge in [-0.05, 0) is 25.0 Å². The Morgan fingerprint density at radius 2 is 2.07 bits per heavy atom. The molecule has 0 saturated carbocycles. The lowest BCUT2D eigenvalue weighted by molar-refractivity contribution is 0.263. The van der Waals surface area contributed by atoms with Crippen molar-refractivity contribution in [2.45, 2.75) is 19.4 Å². The highest BCUT2D eigenvalue weighted by Crippen LogP contribution is 2.09. The number of hydrogen-bond acceptors (Lipinski definition) is 3. The third kappa shape index (κ3) is 2.39. The Bertz CT molecular complexity index is 298. The highest BCUT2D eigenvalue weighted by Gasteiger charge is 2.13. The Balaban J connectivity index is 1.89. The number of pyridine rings is 1. The second-order valence-electron chi connectivity index (χ2n) is 3.70. The second kappa shape index (κ2) is 4.33. The number of nitrogens with one attached hydrogen (secondary N) is 1. The van der Waals surface area contributed by atoms with Gasteiger partial charge in [-0.25, -0.2) is 0 Å². The average Bonchev–Trinajstić information content (AvgIpc) is 2.23. The molecule has 3 nitrogen and oxygen atoms in total. The zero-order chi connectivity index (χ0) is 9.80. The summed E-state index contributed by atoms with van der Waals surface area (Å²) in [6.07, 6.45) is 3.68. The summed E-state index contributed by atoms with van der Waals surface area (Å²) in [5, 5.41) is 7.52. The van der Waals surface area contributed by atoms with E-state index in [1.54, 1.807) is 0 Å². The van der Waals surface area contributed by atoms with E-state index in [-0.39, 0.29) is 0 Å². The van der Waals surface area contributed by atoms with Gasteiger partial charge in [0.15, 0.2) is 0 Å². The minimum absolute atomic E-state index is 0.891. The van der Waals surface area contributed by atoms with Gasteiger partial charge in [0.25, 0.3) is 0 Å². The van der Waals surface area contributed by atoms with Crippen molar-refractivity contribution in [3.8, 4) is 0 Å². The normalized spacial score (nSPS) is 18.4. The molecule has 14 heavy (non-hydrogen) atoms. The predicted octanol–water partition coefficient (Wildman–Crippen LogP) is 1.70. The second-order valence-corrected chi connectivity index (χ2v) is 3.70. The fourth-order valence-electron chi connectivity index (χ4n) is 1.70. The Hall–Kier alpha value is -1.22. The van der Waals surface area contributed by atoms with E-state index in [9.17, 15) is 0 Å². The summed E-state index contributed by atoms with van der Waals surface area (Å²) in [5.74, 6) is 0. The zero-order valence-electron chi connectivity index (χ0n) is 8.24. The molecule has 1 N–H and O–H groups in total. The lowest BCUT2D eigenvalue weighted by Gasteiger charge is -2.26. The minimum Gasteiger partial charge on any atom is -0.310 e. The van der Waals surface area contributed by atoms with Gasteiger partial charge in [-0.15, -0.1) is 0 Å². The van der Waals surface area contributed by atoms with Crippen molar-refractivity contribution in [3.05, 3.63) is 30.1 Å². The van der Waals surface area contributed by atoms with Crippen molar-refractivity contribution < 1.29 is 0 Å². The first kappa shape index (κ1) is 9.34. The van der Waals surface area contributed by atoms with Crippen LogP contribution in [0.15, 0.2) is 24.4 Å². The van der Waals surface area contributed by atoms with Gasteiger partial charge >= 0.3 is 0 Å². The molecule has 1 aromatic rings. The Kier molecular flexibility index (Phi) is 2.89. The molecule has 0 atom stereocenters. The summed E-state index contributed by atoms with van der Waals surface area (Å²) >= 11 is 0. The molecule has 1 aromatic heterocycles. The van der Waals surface area contributed by atoms with E-state index >= 15 is 0 Å². The molecule has 3 heteroatoms. The van der Waals surface area contributed by atoms with Crippen LogP contribution >= 0.6 is 0 Å². The topological polar surface area (TPSA) is 40.0 Å². The highest BCUT2D eigenvalue weighted by atomic mass is 15.1. The number of aromatic nitrogens is 1. The van der Waals surface area contributed by atoms with Crippen LogP contribution in [-0.4, -0.2) is 28.7 Å². The lowest BCUT2D eigenvalue weighted by Crippen LogP contribution is -2.33. The van der Waals surface area contributed by atoms with Crippen molar-refractivity contribution in [2.24, 2.45) is 0 Å². The van der Waals surface area contributed by atoms with E-state index in [0.29, 0.717) is 0 Å². The molecule has 0 radical (unpaired) electrons. The summed E-state index contributed by atoms with van der Waals surface area (Å²) in [7, 11) is 0. The molecule has 1 aliphatic rings. The van der Waals surface area contributed by atoms with Crippen LogP contribution in [0, 0.1) is 5.41 Å². The van der Waals surface area contributed by atoms with E-state index < -0.39 is 0 Å². The van der Waals surface area contributed by atoms with Gasteiger partial charge in [0.1, 0.15) is 0 Å². The van der Waals surface area contributed by atoms with Gasteiger partial charge in [0.05, 0.1) is 5.69 Å². The van der Waals surface area contributed by atoms with Crippen LogP contribution in [0.1, 0.15) is 18.5 Å². The van der Waals surface area contributed by atoms with Crippen molar-refractivity contribution in [1.29, 1.82) is 5.41 Å². The number of piperidine rings is 1. The fourth-order valence-corrected chi connectivity index (χ4v) is 1.70. The monoisotopic (exact) mass is 189 g/mol. The molecule has 0 bridgehead atoms. The SMILES string of the molecule is N=C1CCN(Cc2ccccn2)CC1. The van der Waals surface area contributed by atoms with Crippen molar-refractivity contribution >= 4 is 5.71 Å². The molecule has 2 rings (SSSR count). The first-order valence-electron chi connectivity index (χ1n) is 5.03. The van der Waals surface area contributed by atoms with Crippen molar-refractivity contribution in [1.82, 2.24) is 9.88 Å². The van der Waals surface area contributed by atoms with Crippen LogP contribution in [0.25, 0.3) is 0 Å². The molecule has 74 valence electrons. The summed E-state index contributed by atoms with van der Waals surface area (Å²) in [4.78, 5) is 6.66. The van der Waals surface area contributed by atoms with Gasteiger partial charge in [-0.1, -0.05) is 6.07 Å². The Labute approximate surface area is 84.3 Å². The molecule has 0 aliphatic carbocycles. The first-order valence-corrected chi connectivity index (χ1v) is 5.03.